The molecular formula is C12H22N2O3. The van der Waals surface area contributed by atoms with Gasteiger partial charge in [0.1, 0.15) is 6.04 Å². The molecule has 1 amide bonds. The van der Waals surface area contributed by atoms with Crippen LogP contribution in [0.4, 0.5) is 0 Å². The van der Waals surface area contributed by atoms with Crippen LogP contribution in [0, 0.1) is 11.8 Å². The standard InChI is InChI=1S/C12H22N2O3/c1-3-17-12(16)8(2)14-11(15)10-6-4-5-9(10)7-13/h8-10H,3-7,13H2,1-2H3,(H,14,15). The second kappa shape index (κ2) is 6.59. The van der Waals surface area contributed by atoms with Gasteiger partial charge in [-0.3, -0.25) is 4.79 Å². The Bertz CT molecular complexity index is 281. The van der Waals surface area contributed by atoms with E-state index < -0.39 is 6.04 Å². The molecule has 0 aromatic heterocycles. The Morgan fingerprint density at radius 2 is 2.18 bits per heavy atom. The minimum absolute atomic E-state index is 0.0446. The quantitative estimate of drug-likeness (QED) is 0.685. The maximum absolute atomic E-state index is 12.0. The zero-order valence-electron chi connectivity index (χ0n) is 10.6. The zero-order chi connectivity index (χ0) is 12.8. The van der Waals surface area contributed by atoms with Crippen LogP contribution in [0.3, 0.4) is 0 Å². The summed E-state index contributed by atoms with van der Waals surface area (Å²) in [6, 6.07) is -0.582. The molecule has 3 N–H and O–H groups in total. The van der Waals surface area contributed by atoms with E-state index in [-0.39, 0.29) is 23.7 Å². The fourth-order valence-electron chi connectivity index (χ4n) is 2.31. The van der Waals surface area contributed by atoms with Crippen LogP contribution in [0.1, 0.15) is 33.1 Å². The molecule has 0 spiro atoms. The predicted octanol–water partition coefficient (Wildman–Crippen LogP) is 0.429. The van der Waals surface area contributed by atoms with Gasteiger partial charge in [0, 0.05) is 5.92 Å². The molecular weight excluding hydrogens is 220 g/mol. The van der Waals surface area contributed by atoms with Crippen LogP contribution in [-0.2, 0) is 14.3 Å². The van der Waals surface area contributed by atoms with E-state index in [4.69, 9.17) is 10.5 Å². The number of carbonyl (C=O) groups is 2. The number of rotatable bonds is 5. The van der Waals surface area contributed by atoms with Gasteiger partial charge in [0.2, 0.25) is 5.91 Å². The van der Waals surface area contributed by atoms with Gasteiger partial charge in [-0.25, -0.2) is 4.79 Å². The molecule has 0 heterocycles. The lowest BCUT2D eigenvalue weighted by atomic mass is 9.95. The summed E-state index contributed by atoms with van der Waals surface area (Å²) < 4.78 is 4.84. The van der Waals surface area contributed by atoms with E-state index >= 15 is 0 Å². The first-order valence-electron chi connectivity index (χ1n) is 6.27. The van der Waals surface area contributed by atoms with Crippen molar-refractivity contribution in [1.29, 1.82) is 0 Å². The molecule has 5 nitrogen and oxygen atoms in total. The highest BCUT2D eigenvalue weighted by atomic mass is 16.5. The lowest BCUT2D eigenvalue weighted by Gasteiger charge is -2.20. The van der Waals surface area contributed by atoms with Crippen LogP contribution >= 0.6 is 0 Å². The summed E-state index contributed by atoms with van der Waals surface area (Å²) >= 11 is 0. The molecule has 5 heteroatoms. The molecule has 1 aliphatic carbocycles. The maximum Gasteiger partial charge on any atom is 0.328 e. The number of esters is 1. The fourth-order valence-corrected chi connectivity index (χ4v) is 2.31. The van der Waals surface area contributed by atoms with Crippen molar-refractivity contribution in [2.24, 2.45) is 17.6 Å². The summed E-state index contributed by atoms with van der Waals surface area (Å²) in [5.74, 6) is -0.247. The summed E-state index contributed by atoms with van der Waals surface area (Å²) in [6.45, 7) is 4.25. The molecule has 1 fully saturated rings. The average Bonchev–Trinajstić information content (AvgIpc) is 2.77. The number of hydrogen-bond donors (Lipinski definition) is 2. The molecule has 3 atom stereocenters. The van der Waals surface area contributed by atoms with E-state index in [0.29, 0.717) is 13.2 Å². The maximum atomic E-state index is 12.0. The Morgan fingerprint density at radius 1 is 1.47 bits per heavy atom. The molecule has 0 bridgehead atoms. The highest BCUT2D eigenvalue weighted by Gasteiger charge is 2.33. The number of carbonyl (C=O) groups excluding carboxylic acids is 2. The molecule has 0 aromatic carbocycles. The Kier molecular flexibility index (Phi) is 5.41. The summed E-state index contributed by atoms with van der Waals surface area (Å²) in [4.78, 5) is 23.3. The largest absolute Gasteiger partial charge is 0.464 e. The van der Waals surface area contributed by atoms with E-state index in [1.54, 1.807) is 13.8 Å². The van der Waals surface area contributed by atoms with Gasteiger partial charge in [-0.05, 0) is 39.2 Å². The monoisotopic (exact) mass is 242 g/mol. The second-order valence-electron chi connectivity index (χ2n) is 4.52. The summed E-state index contributed by atoms with van der Waals surface area (Å²) in [6.07, 6.45) is 2.90. The van der Waals surface area contributed by atoms with Gasteiger partial charge in [-0.1, -0.05) is 6.42 Å². The second-order valence-corrected chi connectivity index (χ2v) is 4.52. The molecule has 0 aliphatic heterocycles. The van der Waals surface area contributed by atoms with Crippen molar-refractivity contribution in [3.8, 4) is 0 Å². The Balaban J connectivity index is 2.45. The molecule has 1 rings (SSSR count). The van der Waals surface area contributed by atoms with Crippen LogP contribution in [0.15, 0.2) is 0 Å². The third-order valence-corrected chi connectivity index (χ3v) is 3.30. The molecule has 0 radical (unpaired) electrons. The van der Waals surface area contributed by atoms with Crippen LogP contribution in [0.5, 0.6) is 0 Å². The van der Waals surface area contributed by atoms with Crippen molar-refractivity contribution >= 4 is 11.9 Å². The van der Waals surface area contributed by atoms with Crippen molar-refractivity contribution in [2.45, 2.75) is 39.2 Å². The predicted molar refractivity (Wildman–Crippen MR) is 64.1 cm³/mol. The first-order chi connectivity index (χ1) is 8.10. The first kappa shape index (κ1) is 14.0. The Labute approximate surface area is 102 Å². The van der Waals surface area contributed by atoms with Gasteiger partial charge in [0.15, 0.2) is 0 Å². The van der Waals surface area contributed by atoms with E-state index in [0.717, 1.165) is 19.3 Å². The average molecular weight is 242 g/mol. The van der Waals surface area contributed by atoms with E-state index in [1.807, 2.05) is 0 Å². The topological polar surface area (TPSA) is 81.4 Å². The number of amides is 1. The molecule has 1 saturated carbocycles. The normalized spacial score (nSPS) is 25.4. The van der Waals surface area contributed by atoms with Crippen LogP contribution in [0.2, 0.25) is 0 Å². The first-order valence-corrected chi connectivity index (χ1v) is 6.27. The van der Waals surface area contributed by atoms with E-state index in [9.17, 15) is 9.59 Å². The van der Waals surface area contributed by atoms with Crippen molar-refractivity contribution in [2.75, 3.05) is 13.2 Å². The lowest BCUT2D eigenvalue weighted by molar-refractivity contribution is -0.147. The number of nitrogens with two attached hydrogens (primary N) is 1. The lowest BCUT2D eigenvalue weighted by Crippen LogP contribution is -2.44. The minimum atomic E-state index is -0.582. The van der Waals surface area contributed by atoms with Crippen LogP contribution in [-0.4, -0.2) is 31.1 Å². The summed E-state index contributed by atoms with van der Waals surface area (Å²) in [5, 5.41) is 2.70. The Morgan fingerprint density at radius 3 is 2.76 bits per heavy atom. The highest BCUT2D eigenvalue weighted by molar-refractivity contribution is 5.85. The van der Waals surface area contributed by atoms with Crippen LogP contribution in [0.25, 0.3) is 0 Å². The van der Waals surface area contributed by atoms with Gasteiger partial charge < -0.3 is 15.8 Å². The van der Waals surface area contributed by atoms with Crippen molar-refractivity contribution in [1.82, 2.24) is 5.32 Å². The molecule has 3 unspecified atom stereocenters. The Hall–Kier alpha value is -1.10. The summed E-state index contributed by atoms with van der Waals surface area (Å²) in [7, 11) is 0. The molecule has 0 aromatic rings. The highest BCUT2D eigenvalue weighted by Crippen LogP contribution is 2.30. The van der Waals surface area contributed by atoms with Crippen molar-refractivity contribution in [3.05, 3.63) is 0 Å². The molecule has 17 heavy (non-hydrogen) atoms. The van der Waals surface area contributed by atoms with Crippen molar-refractivity contribution < 1.29 is 14.3 Å². The molecule has 0 saturated heterocycles. The summed E-state index contributed by atoms with van der Waals surface area (Å²) in [5.41, 5.74) is 5.63. The van der Waals surface area contributed by atoms with Gasteiger partial charge in [0.05, 0.1) is 6.61 Å². The third-order valence-electron chi connectivity index (χ3n) is 3.30. The van der Waals surface area contributed by atoms with E-state index in [1.165, 1.54) is 0 Å². The zero-order valence-corrected chi connectivity index (χ0v) is 10.6. The SMILES string of the molecule is CCOC(=O)C(C)NC(=O)C1CCCC1CN. The minimum Gasteiger partial charge on any atom is -0.464 e. The fraction of sp³-hybridized carbons (Fsp3) is 0.833. The number of hydrogen-bond acceptors (Lipinski definition) is 4. The molecule has 98 valence electrons. The number of nitrogens with one attached hydrogen (secondary N) is 1. The van der Waals surface area contributed by atoms with Crippen molar-refractivity contribution in [3.63, 3.8) is 0 Å². The van der Waals surface area contributed by atoms with Gasteiger partial charge >= 0.3 is 5.97 Å². The smallest absolute Gasteiger partial charge is 0.328 e. The number of ether oxygens (including phenoxy) is 1. The van der Waals surface area contributed by atoms with Gasteiger partial charge in [-0.15, -0.1) is 0 Å². The van der Waals surface area contributed by atoms with Gasteiger partial charge in [-0.2, -0.15) is 0 Å². The third kappa shape index (κ3) is 3.70. The molecule has 1 aliphatic rings. The van der Waals surface area contributed by atoms with Crippen LogP contribution < -0.4 is 11.1 Å². The van der Waals surface area contributed by atoms with Gasteiger partial charge in [0.25, 0.3) is 0 Å². The van der Waals surface area contributed by atoms with E-state index in [2.05, 4.69) is 5.32 Å².